The number of halogens is 2. The molecule has 5 heteroatoms. The number of hydrogen-bond acceptors (Lipinski definition) is 3. The molecule has 0 aliphatic rings. The van der Waals surface area contributed by atoms with Crippen molar-refractivity contribution in [3.8, 4) is 0 Å². The molecule has 0 heterocycles. The van der Waals surface area contributed by atoms with Gasteiger partial charge in [-0.25, -0.2) is 4.39 Å². The van der Waals surface area contributed by atoms with Gasteiger partial charge in [-0.3, -0.25) is 11.3 Å². The number of thioether (sulfide) groups is 1. The van der Waals surface area contributed by atoms with Crippen LogP contribution in [0.5, 0.6) is 0 Å². The quantitative estimate of drug-likeness (QED) is 0.646. The number of nitrogens with two attached hydrogens (primary N) is 1. The maximum atomic E-state index is 13.4. The summed E-state index contributed by atoms with van der Waals surface area (Å²) in [6, 6.07) is 5.05. The van der Waals surface area contributed by atoms with Crippen LogP contribution in [0.15, 0.2) is 22.7 Å². The number of rotatable bonds is 5. The third-order valence-electron chi connectivity index (χ3n) is 2.08. The van der Waals surface area contributed by atoms with Gasteiger partial charge in [-0.05, 0) is 36.4 Å². The van der Waals surface area contributed by atoms with Crippen molar-refractivity contribution in [3.05, 3.63) is 34.1 Å². The van der Waals surface area contributed by atoms with Crippen LogP contribution >= 0.6 is 27.7 Å². The van der Waals surface area contributed by atoms with Gasteiger partial charge in [0.1, 0.15) is 5.82 Å². The average molecular weight is 293 g/mol. The lowest BCUT2D eigenvalue weighted by Crippen LogP contribution is -2.38. The normalized spacial score (nSPS) is 12.8. The van der Waals surface area contributed by atoms with Crippen LogP contribution in [0.3, 0.4) is 0 Å². The lowest BCUT2D eigenvalue weighted by molar-refractivity contribution is 0.546. The van der Waals surface area contributed by atoms with Crippen molar-refractivity contribution in [1.82, 2.24) is 5.43 Å². The van der Waals surface area contributed by atoms with Crippen molar-refractivity contribution in [2.24, 2.45) is 5.84 Å². The van der Waals surface area contributed by atoms with Crippen molar-refractivity contribution in [1.29, 1.82) is 0 Å². The summed E-state index contributed by atoms with van der Waals surface area (Å²) < 4.78 is 14.3. The number of benzene rings is 1. The molecule has 3 N–H and O–H groups in total. The second-order valence-electron chi connectivity index (χ2n) is 3.26. The Morgan fingerprint density at radius 2 is 2.33 bits per heavy atom. The van der Waals surface area contributed by atoms with Gasteiger partial charge in [-0.2, -0.15) is 11.8 Å². The minimum Gasteiger partial charge on any atom is -0.271 e. The molecule has 1 unspecified atom stereocenters. The lowest BCUT2D eigenvalue weighted by atomic mass is 10.1. The zero-order chi connectivity index (χ0) is 11.3. The summed E-state index contributed by atoms with van der Waals surface area (Å²) in [5.41, 5.74) is 3.38. The first-order valence-electron chi connectivity index (χ1n) is 4.56. The first-order valence-corrected chi connectivity index (χ1v) is 6.75. The average Bonchev–Trinajstić information content (AvgIpc) is 2.22. The Hall–Kier alpha value is -0.100. The SMILES string of the molecule is CSCC(Cc1cc(Br)ccc1F)NN. The molecule has 0 radical (unpaired) electrons. The van der Waals surface area contributed by atoms with Gasteiger partial charge in [0.2, 0.25) is 0 Å². The number of hydrogen-bond donors (Lipinski definition) is 2. The second-order valence-corrected chi connectivity index (χ2v) is 5.09. The van der Waals surface area contributed by atoms with Gasteiger partial charge in [0.15, 0.2) is 0 Å². The van der Waals surface area contributed by atoms with Crippen LogP contribution in [0.1, 0.15) is 5.56 Å². The summed E-state index contributed by atoms with van der Waals surface area (Å²) in [6.45, 7) is 0. The Kier molecular flexibility index (Phi) is 5.60. The first kappa shape index (κ1) is 13.0. The van der Waals surface area contributed by atoms with Crippen molar-refractivity contribution in [2.45, 2.75) is 12.5 Å². The van der Waals surface area contributed by atoms with Crippen LogP contribution in [0.4, 0.5) is 4.39 Å². The molecule has 84 valence electrons. The topological polar surface area (TPSA) is 38.0 Å². The van der Waals surface area contributed by atoms with Gasteiger partial charge in [0.25, 0.3) is 0 Å². The fraction of sp³-hybridized carbons (Fsp3) is 0.400. The van der Waals surface area contributed by atoms with Crippen LogP contribution in [-0.2, 0) is 6.42 Å². The van der Waals surface area contributed by atoms with Crippen LogP contribution in [0.25, 0.3) is 0 Å². The molecule has 0 spiro atoms. The summed E-state index contributed by atoms with van der Waals surface area (Å²) in [5, 5.41) is 0. The molecule has 1 rings (SSSR count). The van der Waals surface area contributed by atoms with Crippen LogP contribution in [-0.4, -0.2) is 18.1 Å². The van der Waals surface area contributed by atoms with Gasteiger partial charge in [-0.15, -0.1) is 0 Å². The highest BCUT2D eigenvalue weighted by Crippen LogP contribution is 2.17. The van der Waals surface area contributed by atoms with Gasteiger partial charge < -0.3 is 0 Å². The Morgan fingerprint density at radius 3 is 2.93 bits per heavy atom. The fourth-order valence-electron chi connectivity index (χ4n) is 1.33. The molecule has 0 saturated heterocycles. The lowest BCUT2D eigenvalue weighted by Gasteiger charge is -2.15. The third-order valence-corrected chi connectivity index (χ3v) is 3.31. The zero-order valence-corrected chi connectivity index (χ0v) is 10.9. The summed E-state index contributed by atoms with van der Waals surface area (Å²) in [7, 11) is 0. The maximum absolute atomic E-state index is 13.4. The van der Waals surface area contributed by atoms with E-state index in [4.69, 9.17) is 5.84 Å². The third kappa shape index (κ3) is 4.10. The predicted octanol–water partition coefficient (Wildman–Crippen LogP) is 2.33. The fourth-order valence-corrected chi connectivity index (χ4v) is 2.36. The molecule has 1 aromatic carbocycles. The highest BCUT2D eigenvalue weighted by atomic mass is 79.9. The van der Waals surface area contributed by atoms with Crippen LogP contribution in [0, 0.1) is 5.82 Å². The Labute approximate surface area is 102 Å². The molecular weight excluding hydrogens is 279 g/mol. The minimum atomic E-state index is -0.181. The molecule has 0 fully saturated rings. The van der Waals surface area contributed by atoms with E-state index >= 15 is 0 Å². The van der Waals surface area contributed by atoms with E-state index in [1.807, 2.05) is 6.26 Å². The van der Waals surface area contributed by atoms with Crippen molar-refractivity contribution < 1.29 is 4.39 Å². The van der Waals surface area contributed by atoms with Gasteiger partial charge >= 0.3 is 0 Å². The van der Waals surface area contributed by atoms with Crippen molar-refractivity contribution in [3.63, 3.8) is 0 Å². The van der Waals surface area contributed by atoms with Crippen LogP contribution < -0.4 is 11.3 Å². The maximum Gasteiger partial charge on any atom is 0.126 e. The van der Waals surface area contributed by atoms with Gasteiger partial charge in [0, 0.05) is 16.3 Å². The second kappa shape index (κ2) is 6.48. The van der Waals surface area contributed by atoms with Gasteiger partial charge in [0.05, 0.1) is 0 Å². The molecule has 2 nitrogen and oxygen atoms in total. The Balaban J connectivity index is 2.73. The molecule has 0 aromatic heterocycles. The number of hydrazine groups is 1. The molecule has 0 aliphatic heterocycles. The largest absolute Gasteiger partial charge is 0.271 e. The smallest absolute Gasteiger partial charge is 0.126 e. The molecule has 1 atom stereocenters. The highest BCUT2D eigenvalue weighted by molar-refractivity contribution is 9.10. The van der Waals surface area contributed by atoms with E-state index in [0.29, 0.717) is 12.0 Å². The van der Waals surface area contributed by atoms with E-state index in [0.717, 1.165) is 10.2 Å². The summed E-state index contributed by atoms with van der Waals surface area (Å²) in [4.78, 5) is 0. The van der Waals surface area contributed by atoms with Crippen LogP contribution in [0.2, 0.25) is 0 Å². The monoisotopic (exact) mass is 292 g/mol. The van der Waals surface area contributed by atoms with E-state index in [2.05, 4.69) is 21.4 Å². The molecule has 0 saturated carbocycles. The van der Waals surface area contributed by atoms with E-state index in [9.17, 15) is 4.39 Å². The summed E-state index contributed by atoms with van der Waals surface area (Å²) in [6.07, 6.45) is 2.60. The first-order chi connectivity index (χ1) is 7.17. The zero-order valence-electron chi connectivity index (χ0n) is 8.47. The molecular formula is C10H14BrFN2S. The van der Waals surface area contributed by atoms with Crippen molar-refractivity contribution >= 4 is 27.7 Å². The molecule has 0 aliphatic carbocycles. The minimum absolute atomic E-state index is 0.101. The van der Waals surface area contributed by atoms with Gasteiger partial charge in [-0.1, -0.05) is 15.9 Å². The van der Waals surface area contributed by atoms with E-state index < -0.39 is 0 Å². The molecule has 15 heavy (non-hydrogen) atoms. The molecule has 1 aromatic rings. The summed E-state index contributed by atoms with van der Waals surface area (Å²) in [5.74, 6) is 6.08. The Morgan fingerprint density at radius 1 is 1.60 bits per heavy atom. The van der Waals surface area contributed by atoms with E-state index in [1.54, 1.807) is 23.9 Å². The Bertz CT molecular complexity index is 322. The highest BCUT2D eigenvalue weighted by Gasteiger charge is 2.10. The van der Waals surface area contributed by atoms with E-state index in [-0.39, 0.29) is 11.9 Å². The number of nitrogens with one attached hydrogen (secondary N) is 1. The molecule has 0 amide bonds. The van der Waals surface area contributed by atoms with E-state index in [1.165, 1.54) is 6.07 Å². The standard InChI is InChI=1S/C10H14BrFN2S/c1-15-6-9(14-13)5-7-4-8(11)2-3-10(7)12/h2-4,9,14H,5-6,13H2,1H3. The van der Waals surface area contributed by atoms with Crippen molar-refractivity contribution in [2.75, 3.05) is 12.0 Å². The molecule has 0 bridgehead atoms. The predicted molar refractivity (Wildman–Crippen MR) is 67.3 cm³/mol. The summed E-state index contributed by atoms with van der Waals surface area (Å²) >= 11 is 5.01.